The molecule has 0 fully saturated rings. The summed E-state index contributed by atoms with van der Waals surface area (Å²) in [5, 5.41) is 5.74. The maximum atomic E-state index is 11.6. The molecule has 0 aliphatic carbocycles. The second kappa shape index (κ2) is 6.07. The number of hydrogen-bond acceptors (Lipinski definition) is 4. The number of sulfonamides is 1. The van der Waals surface area contributed by atoms with Gasteiger partial charge in [0.2, 0.25) is 10.0 Å². The lowest BCUT2D eigenvalue weighted by atomic mass is 10.2. The first-order valence-corrected chi connectivity index (χ1v) is 7.91. The lowest BCUT2D eigenvalue weighted by Gasteiger charge is -2.20. The summed E-state index contributed by atoms with van der Waals surface area (Å²) in [6, 6.07) is 8.35. The molecular formula is C15H17N3O2S. The quantitative estimate of drug-likeness (QED) is 0.829. The van der Waals surface area contributed by atoms with Gasteiger partial charge in [0.25, 0.3) is 0 Å². The molecule has 21 heavy (non-hydrogen) atoms. The third kappa shape index (κ3) is 3.29. The minimum atomic E-state index is -3.77. The zero-order chi connectivity index (χ0) is 15.5. The summed E-state index contributed by atoms with van der Waals surface area (Å²) < 4.78 is 23.2. The molecule has 2 rings (SSSR count). The Labute approximate surface area is 124 Å². The minimum Gasteiger partial charge on any atom is -0.349 e. The van der Waals surface area contributed by atoms with Crippen LogP contribution in [0.25, 0.3) is 10.9 Å². The van der Waals surface area contributed by atoms with Gasteiger partial charge in [-0.3, -0.25) is 0 Å². The maximum absolute atomic E-state index is 11.6. The zero-order valence-corrected chi connectivity index (χ0v) is 12.4. The number of nitrogens with zero attached hydrogens (tertiary/aromatic N) is 2. The average molecular weight is 303 g/mol. The van der Waals surface area contributed by atoms with Crippen LogP contribution in [-0.2, 0) is 10.0 Å². The standard InChI is InChI=1S/C15H17N3O2S/c1-3-10-18(11-4-2)15-9-8-12-13(17-15)6-5-7-14(12)21(16,19)20/h3-9H,1-2,10-11H2,(H2,16,19,20). The summed E-state index contributed by atoms with van der Waals surface area (Å²) in [7, 11) is -3.77. The Kier molecular flexibility index (Phi) is 4.40. The summed E-state index contributed by atoms with van der Waals surface area (Å²) >= 11 is 0. The first-order valence-electron chi connectivity index (χ1n) is 6.36. The van der Waals surface area contributed by atoms with Crippen LogP contribution in [0.3, 0.4) is 0 Å². The maximum Gasteiger partial charge on any atom is 0.238 e. The number of primary sulfonamides is 1. The van der Waals surface area contributed by atoms with Crippen molar-refractivity contribution >= 4 is 26.7 Å². The highest BCUT2D eigenvalue weighted by Crippen LogP contribution is 2.23. The van der Waals surface area contributed by atoms with E-state index in [0.29, 0.717) is 24.0 Å². The predicted molar refractivity (Wildman–Crippen MR) is 85.7 cm³/mol. The van der Waals surface area contributed by atoms with Crippen molar-refractivity contribution in [2.75, 3.05) is 18.0 Å². The fourth-order valence-corrected chi connectivity index (χ4v) is 2.86. The van der Waals surface area contributed by atoms with Crippen LogP contribution in [0.1, 0.15) is 0 Å². The molecule has 6 heteroatoms. The normalized spacial score (nSPS) is 11.3. The highest BCUT2D eigenvalue weighted by atomic mass is 32.2. The van der Waals surface area contributed by atoms with Crippen molar-refractivity contribution in [3.05, 3.63) is 55.6 Å². The second-order valence-corrected chi connectivity index (χ2v) is 6.05. The smallest absolute Gasteiger partial charge is 0.238 e. The molecule has 0 spiro atoms. The van der Waals surface area contributed by atoms with Gasteiger partial charge in [0.1, 0.15) is 5.82 Å². The van der Waals surface area contributed by atoms with E-state index < -0.39 is 10.0 Å². The molecule has 0 amide bonds. The number of nitrogens with two attached hydrogens (primary N) is 1. The summed E-state index contributed by atoms with van der Waals surface area (Å²) in [6.45, 7) is 8.68. The van der Waals surface area contributed by atoms with Gasteiger partial charge in [-0.25, -0.2) is 18.5 Å². The predicted octanol–water partition coefficient (Wildman–Crippen LogP) is 2.06. The molecule has 0 saturated heterocycles. The largest absolute Gasteiger partial charge is 0.349 e. The van der Waals surface area contributed by atoms with Crippen molar-refractivity contribution in [3.63, 3.8) is 0 Å². The van der Waals surface area contributed by atoms with E-state index in [1.165, 1.54) is 6.07 Å². The molecule has 110 valence electrons. The van der Waals surface area contributed by atoms with E-state index in [0.717, 1.165) is 5.82 Å². The van der Waals surface area contributed by atoms with E-state index in [2.05, 4.69) is 18.1 Å². The lowest BCUT2D eigenvalue weighted by Crippen LogP contribution is -2.24. The van der Waals surface area contributed by atoms with Gasteiger partial charge in [0, 0.05) is 18.5 Å². The lowest BCUT2D eigenvalue weighted by molar-refractivity contribution is 0.598. The monoisotopic (exact) mass is 303 g/mol. The summed E-state index contributed by atoms with van der Waals surface area (Å²) in [5.74, 6) is 0.730. The van der Waals surface area contributed by atoms with Gasteiger partial charge in [-0.1, -0.05) is 18.2 Å². The van der Waals surface area contributed by atoms with Crippen LogP contribution < -0.4 is 10.0 Å². The van der Waals surface area contributed by atoms with Crippen LogP contribution in [0.5, 0.6) is 0 Å². The van der Waals surface area contributed by atoms with Gasteiger partial charge >= 0.3 is 0 Å². The Morgan fingerprint density at radius 2 is 1.81 bits per heavy atom. The number of anilines is 1. The number of rotatable bonds is 6. The number of fused-ring (bicyclic) bond motifs is 1. The number of benzene rings is 1. The van der Waals surface area contributed by atoms with E-state index in [1.54, 1.807) is 36.4 Å². The molecule has 0 aliphatic heterocycles. The summed E-state index contributed by atoms with van der Waals surface area (Å²) in [6.07, 6.45) is 3.55. The van der Waals surface area contributed by atoms with Gasteiger partial charge in [-0.15, -0.1) is 13.2 Å². The molecule has 0 radical (unpaired) electrons. The molecular weight excluding hydrogens is 286 g/mol. The highest BCUT2D eigenvalue weighted by Gasteiger charge is 2.14. The molecule has 2 aromatic rings. The number of hydrogen-bond donors (Lipinski definition) is 1. The SMILES string of the molecule is C=CCN(CC=C)c1ccc2c(S(N)(=O)=O)cccc2n1. The van der Waals surface area contributed by atoms with E-state index >= 15 is 0 Å². The summed E-state index contributed by atoms with van der Waals surface area (Å²) in [4.78, 5) is 6.55. The van der Waals surface area contributed by atoms with Crippen LogP contribution in [0, 0.1) is 0 Å². The van der Waals surface area contributed by atoms with E-state index in [9.17, 15) is 8.42 Å². The van der Waals surface area contributed by atoms with Gasteiger partial charge in [-0.2, -0.15) is 0 Å². The van der Waals surface area contributed by atoms with Gasteiger partial charge in [0.15, 0.2) is 0 Å². The van der Waals surface area contributed by atoms with Crippen molar-refractivity contribution in [1.29, 1.82) is 0 Å². The Morgan fingerprint density at radius 3 is 2.38 bits per heavy atom. The average Bonchev–Trinajstić information content (AvgIpc) is 2.45. The van der Waals surface area contributed by atoms with Crippen LogP contribution >= 0.6 is 0 Å². The molecule has 0 unspecified atom stereocenters. The Balaban J connectivity index is 2.57. The molecule has 0 aliphatic rings. The molecule has 2 N–H and O–H groups in total. The fourth-order valence-electron chi connectivity index (χ4n) is 2.11. The van der Waals surface area contributed by atoms with Crippen molar-refractivity contribution in [1.82, 2.24) is 4.98 Å². The molecule has 0 bridgehead atoms. The molecule has 0 atom stereocenters. The molecule has 5 nitrogen and oxygen atoms in total. The van der Waals surface area contributed by atoms with Crippen molar-refractivity contribution in [3.8, 4) is 0 Å². The molecule has 0 saturated carbocycles. The topological polar surface area (TPSA) is 76.3 Å². The minimum absolute atomic E-state index is 0.0815. The zero-order valence-electron chi connectivity index (χ0n) is 11.6. The highest BCUT2D eigenvalue weighted by molar-refractivity contribution is 7.89. The Hall–Kier alpha value is -2.18. The molecule has 1 heterocycles. The number of pyridine rings is 1. The van der Waals surface area contributed by atoms with Crippen molar-refractivity contribution in [2.45, 2.75) is 4.90 Å². The fraction of sp³-hybridized carbons (Fsp3) is 0.133. The third-order valence-corrected chi connectivity index (χ3v) is 3.98. The first-order chi connectivity index (χ1) is 9.97. The van der Waals surface area contributed by atoms with E-state index in [4.69, 9.17) is 5.14 Å². The number of aromatic nitrogens is 1. The van der Waals surface area contributed by atoms with E-state index in [1.807, 2.05) is 4.90 Å². The van der Waals surface area contributed by atoms with Crippen LogP contribution in [0.15, 0.2) is 60.5 Å². The van der Waals surface area contributed by atoms with Crippen LogP contribution in [0.2, 0.25) is 0 Å². The van der Waals surface area contributed by atoms with Crippen LogP contribution in [-0.4, -0.2) is 26.5 Å². The molecule has 1 aromatic heterocycles. The van der Waals surface area contributed by atoms with Gasteiger partial charge < -0.3 is 4.90 Å². The Morgan fingerprint density at radius 1 is 1.14 bits per heavy atom. The molecule has 1 aromatic carbocycles. The van der Waals surface area contributed by atoms with Crippen LogP contribution in [0.4, 0.5) is 5.82 Å². The second-order valence-electron chi connectivity index (χ2n) is 4.52. The van der Waals surface area contributed by atoms with Crippen molar-refractivity contribution in [2.24, 2.45) is 5.14 Å². The van der Waals surface area contributed by atoms with Crippen molar-refractivity contribution < 1.29 is 8.42 Å². The van der Waals surface area contributed by atoms with Gasteiger partial charge in [-0.05, 0) is 24.3 Å². The van der Waals surface area contributed by atoms with E-state index in [-0.39, 0.29) is 4.90 Å². The Bertz CT molecular complexity index is 775. The third-order valence-electron chi connectivity index (χ3n) is 3.01. The summed E-state index contributed by atoms with van der Waals surface area (Å²) in [5.41, 5.74) is 0.581. The van der Waals surface area contributed by atoms with Gasteiger partial charge in [0.05, 0.1) is 10.4 Å². The first kappa shape index (κ1) is 15.2.